The highest BCUT2D eigenvalue weighted by Gasteiger charge is 2.27. The molecule has 0 spiro atoms. The SMILES string of the molecule is CCCCCCC/C=C\C/C=C\C/C=C\CCCCCCCCCCCCCCCCCCC(=O)NC(COP(=O)(O)OCC[N+](C)(C)C)C(O)/C=C/CC/C=C/CCCCCCCCC. The molecule has 8 nitrogen and oxygen atoms in total. The maximum atomic E-state index is 12.9. The molecule has 0 aliphatic heterocycles. The smallest absolute Gasteiger partial charge is 0.387 e. The largest absolute Gasteiger partial charge is 0.472 e. The van der Waals surface area contributed by atoms with Crippen LogP contribution < -0.4 is 5.32 Å². The van der Waals surface area contributed by atoms with Crippen LogP contribution in [0.4, 0.5) is 0 Å². The van der Waals surface area contributed by atoms with Crippen molar-refractivity contribution in [2.75, 3.05) is 40.9 Å². The summed E-state index contributed by atoms with van der Waals surface area (Å²) in [6, 6.07) is -0.864. The summed E-state index contributed by atoms with van der Waals surface area (Å²) in [5, 5.41) is 13.8. The molecule has 0 saturated heterocycles. The van der Waals surface area contributed by atoms with Crippen LogP contribution in [0.2, 0.25) is 0 Å². The molecule has 0 fully saturated rings. The maximum absolute atomic E-state index is 12.9. The fraction of sp³-hybridized carbons (Fsp3) is 0.807. The predicted molar refractivity (Wildman–Crippen MR) is 286 cm³/mol. The molecule has 0 aliphatic carbocycles. The van der Waals surface area contributed by atoms with E-state index in [1.54, 1.807) is 6.08 Å². The van der Waals surface area contributed by atoms with E-state index in [2.05, 4.69) is 67.8 Å². The zero-order valence-corrected chi connectivity index (χ0v) is 44.8. The van der Waals surface area contributed by atoms with Gasteiger partial charge in [-0.05, 0) is 70.6 Å². The van der Waals surface area contributed by atoms with E-state index in [-0.39, 0.29) is 19.1 Å². The van der Waals surface area contributed by atoms with Crippen LogP contribution in [-0.2, 0) is 18.4 Å². The third-order valence-corrected chi connectivity index (χ3v) is 13.2. The molecule has 66 heavy (non-hydrogen) atoms. The number of nitrogens with zero attached hydrogens (tertiary/aromatic N) is 1. The maximum Gasteiger partial charge on any atom is 0.472 e. The van der Waals surface area contributed by atoms with Gasteiger partial charge in [0.1, 0.15) is 13.2 Å². The Labute approximate surface area is 409 Å². The number of unbranched alkanes of at least 4 members (excludes halogenated alkanes) is 29. The number of carbonyl (C=O) groups is 1. The molecule has 3 N–H and O–H groups in total. The number of rotatable bonds is 50. The Bertz CT molecular complexity index is 1260. The molecule has 0 aliphatic rings. The van der Waals surface area contributed by atoms with Gasteiger partial charge in [0, 0.05) is 6.42 Å². The van der Waals surface area contributed by atoms with Crippen LogP contribution in [-0.4, -0.2) is 73.4 Å². The van der Waals surface area contributed by atoms with E-state index < -0.39 is 20.0 Å². The number of nitrogens with one attached hydrogen (secondary N) is 1. The first kappa shape index (κ1) is 64.2. The molecule has 0 aromatic carbocycles. The number of amides is 1. The lowest BCUT2D eigenvalue weighted by Crippen LogP contribution is -2.45. The molecule has 0 saturated carbocycles. The summed E-state index contributed by atoms with van der Waals surface area (Å²) >= 11 is 0. The van der Waals surface area contributed by atoms with Crippen molar-refractivity contribution in [1.82, 2.24) is 5.32 Å². The van der Waals surface area contributed by atoms with Crippen molar-refractivity contribution in [2.24, 2.45) is 0 Å². The average molecular weight is 948 g/mol. The number of phosphoric ester groups is 1. The first-order valence-electron chi connectivity index (χ1n) is 27.7. The van der Waals surface area contributed by atoms with Crippen LogP contribution >= 0.6 is 7.82 Å². The van der Waals surface area contributed by atoms with E-state index in [1.165, 1.54) is 173 Å². The molecule has 1 amide bonds. The summed E-state index contributed by atoms with van der Waals surface area (Å²) in [6.45, 7) is 4.78. The van der Waals surface area contributed by atoms with Crippen molar-refractivity contribution in [1.29, 1.82) is 0 Å². The summed E-state index contributed by atoms with van der Waals surface area (Å²) in [7, 11) is 1.55. The summed E-state index contributed by atoms with van der Waals surface area (Å²) in [5.74, 6) is -0.188. The molecular weight excluding hydrogens is 840 g/mol. The van der Waals surface area contributed by atoms with Crippen molar-refractivity contribution in [3.8, 4) is 0 Å². The number of aliphatic hydroxyl groups excluding tert-OH is 1. The number of allylic oxidation sites excluding steroid dienone is 9. The highest BCUT2D eigenvalue weighted by Crippen LogP contribution is 2.43. The van der Waals surface area contributed by atoms with E-state index in [4.69, 9.17) is 9.05 Å². The van der Waals surface area contributed by atoms with Crippen LogP contribution in [0.1, 0.15) is 245 Å². The van der Waals surface area contributed by atoms with Crippen molar-refractivity contribution in [3.05, 3.63) is 60.8 Å². The molecule has 9 heteroatoms. The zero-order chi connectivity index (χ0) is 48.5. The topological polar surface area (TPSA) is 105 Å². The van der Waals surface area contributed by atoms with Crippen molar-refractivity contribution >= 4 is 13.7 Å². The molecule has 386 valence electrons. The number of hydrogen-bond donors (Lipinski definition) is 3. The van der Waals surface area contributed by atoms with Gasteiger partial charge in [0.05, 0.1) is 39.9 Å². The Morgan fingerprint density at radius 3 is 1.32 bits per heavy atom. The standard InChI is InChI=1S/C57H107N2O6P/c1-6-8-10-12-14-16-18-20-21-22-23-24-25-26-27-28-29-30-31-32-33-34-35-36-37-39-41-43-45-47-49-51-57(61)58-55(54-65-66(62,63)64-53-52-59(3,4)5)56(60)50-48-46-44-42-40-38-19-17-15-13-11-9-7-2/h18,20,22-23,25-26,40,42,48,50,55-56,60H,6-17,19,21,24,27-39,41,43-47,49,51-54H2,1-5H3,(H-,58,61,62,63)/p+1/b20-18-,23-22-,26-25-,42-40+,50-48+. The molecule has 0 rings (SSSR count). The monoisotopic (exact) mass is 948 g/mol. The Morgan fingerprint density at radius 1 is 0.515 bits per heavy atom. The molecule has 0 aromatic rings. The second-order valence-electron chi connectivity index (χ2n) is 19.9. The van der Waals surface area contributed by atoms with Gasteiger partial charge in [-0.2, -0.15) is 0 Å². The number of carbonyl (C=O) groups excluding carboxylic acids is 1. The summed E-state index contributed by atoms with van der Waals surface area (Å²) in [4.78, 5) is 23.2. The summed E-state index contributed by atoms with van der Waals surface area (Å²) in [5.41, 5.74) is 0. The number of likely N-dealkylation sites (N-methyl/N-ethyl adjacent to an activating group) is 1. The Hall–Kier alpha value is -1.80. The van der Waals surface area contributed by atoms with Crippen LogP contribution in [0.15, 0.2) is 60.8 Å². The van der Waals surface area contributed by atoms with Gasteiger partial charge in [-0.15, -0.1) is 0 Å². The average Bonchev–Trinajstić information content (AvgIpc) is 3.28. The Morgan fingerprint density at radius 2 is 0.879 bits per heavy atom. The summed E-state index contributed by atoms with van der Waals surface area (Å²) in [6.07, 6.45) is 64.7. The van der Waals surface area contributed by atoms with Gasteiger partial charge in [-0.1, -0.05) is 229 Å². The molecule has 3 unspecified atom stereocenters. The normalized spacial score (nSPS) is 14.5. The van der Waals surface area contributed by atoms with E-state index in [1.807, 2.05) is 27.2 Å². The van der Waals surface area contributed by atoms with Crippen molar-refractivity contribution in [3.63, 3.8) is 0 Å². The molecule has 0 aromatic heterocycles. The quantitative estimate of drug-likeness (QED) is 0.0243. The minimum atomic E-state index is -4.35. The second kappa shape index (κ2) is 48.2. The molecule has 0 heterocycles. The minimum Gasteiger partial charge on any atom is -0.387 e. The zero-order valence-electron chi connectivity index (χ0n) is 43.9. The first-order valence-corrected chi connectivity index (χ1v) is 29.2. The van der Waals surface area contributed by atoms with Crippen LogP contribution in [0.25, 0.3) is 0 Å². The van der Waals surface area contributed by atoms with Crippen molar-refractivity contribution in [2.45, 2.75) is 257 Å². The van der Waals surface area contributed by atoms with Gasteiger partial charge >= 0.3 is 7.82 Å². The second-order valence-corrected chi connectivity index (χ2v) is 21.4. The first-order chi connectivity index (χ1) is 32.0. The number of aliphatic hydroxyl groups is 1. The molecular formula is C57H108N2O6P+. The lowest BCUT2D eigenvalue weighted by Gasteiger charge is -2.25. The Balaban J connectivity index is 4.10. The molecule has 0 radical (unpaired) electrons. The predicted octanol–water partition coefficient (Wildman–Crippen LogP) is 16.5. The third kappa shape index (κ3) is 50.1. The van der Waals surface area contributed by atoms with Gasteiger partial charge in [0.2, 0.25) is 5.91 Å². The van der Waals surface area contributed by atoms with Crippen LogP contribution in [0, 0.1) is 0 Å². The van der Waals surface area contributed by atoms with Gasteiger partial charge in [-0.3, -0.25) is 13.8 Å². The summed E-state index contributed by atoms with van der Waals surface area (Å²) < 4.78 is 23.6. The molecule has 3 atom stereocenters. The van der Waals surface area contributed by atoms with Crippen molar-refractivity contribution < 1.29 is 32.9 Å². The van der Waals surface area contributed by atoms with Crippen LogP contribution in [0.5, 0.6) is 0 Å². The van der Waals surface area contributed by atoms with Crippen LogP contribution in [0.3, 0.4) is 0 Å². The van der Waals surface area contributed by atoms with E-state index in [0.29, 0.717) is 17.4 Å². The van der Waals surface area contributed by atoms with Gasteiger partial charge in [0.15, 0.2) is 0 Å². The highest BCUT2D eigenvalue weighted by atomic mass is 31.2. The van der Waals surface area contributed by atoms with E-state index in [0.717, 1.165) is 51.4 Å². The number of quaternary nitrogens is 1. The lowest BCUT2D eigenvalue weighted by atomic mass is 10.0. The minimum absolute atomic E-state index is 0.0552. The number of phosphoric acid groups is 1. The van der Waals surface area contributed by atoms with E-state index in [9.17, 15) is 19.4 Å². The molecule has 0 bridgehead atoms. The third-order valence-electron chi connectivity index (χ3n) is 12.2. The Kier molecular flexibility index (Phi) is 46.9. The van der Waals surface area contributed by atoms with Gasteiger partial charge in [0.25, 0.3) is 0 Å². The lowest BCUT2D eigenvalue weighted by molar-refractivity contribution is -0.870. The fourth-order valence-electron chi connectivity index (χ4n) is 7.83. The van der Waals surface area contributed by atoms with Gasteiger partial charge < -0.3 is 19.8 Å². The highest BCUT2D eigenvalue weighted by molar-refractivity contribution is 7.47. The van der Waals surface area contributed by atoms with Gasteiger partial charge in [-0.25, -0.2) is 4.57 Å². The van der Waals surface area contributed by atoms with E-state index >= 15 is 0 Å². The fourth-order valence-corrected chi connectivity index (χ4v) is 8.57. The number of hydrogen-bond acceptors (Lipinski definition) is 5.